The molecule has 0 aliphatic carbocycles. The number of nitro benzene ring substituents is 1. The van der Waals surface area contributed by atoms with Gasteiger partial charge in [-0.2, -0.15) is 5.26 Å². The molecule has 0 spiro atoms. The van der Waals surface area contributed by atoms with Crippen molar-refractivity contribution in [2.75, 3.05) is 18.0 Å². The lowest BCUT2D eigenvalue weighted by molar-refractivity contribution is -0.384. The molecule has 0 atom stereocenters. The number of nitrogens with zero attached hydrogens (tertiary/aromatic N) is 3. The van der Waals surface area contributed by atoms with Crippen LogP contribution in [0.1, 0.15) is 12.0 Å². The fraction of sp³-hybridized carbons (Fsp3) is 0.417. The van der Waals surface area contributed by atoms with Crippen LogP contribution in [0.4, 0.5) is 11.4 Å². The van der Waals surface area contributed by atoms with Gasteiger partial charge < -0.3 is 10.0 Å². The largest absolute Gasteiger partial charge is 0.385 e. The van der Waals surface area contributed by atoms with Crippen LogP contribution in [0, 0.1) is 28.4 Å². The SMILES string of the molecule is Cc1ccc([N+](=O)[O-])c(N2CC(O)(CC#N)C2)c1. The standard InChI is InChI=1S/C12H13N3O3/c1-9-2-3-10(15(17)18)11(6-9)14-7-12(16,8-14)4-5-13/h2-3,6,16H,4,7-8H2,1H3. The minimum atomic E-state index is -1.04. The normalized spacial score (nSPS) is 16.8. The lowest BCUT2D eigenvalue weighted by Gasteiger charge is -2.46. The molecule has 0 amide bonds. The average Bonchev–Trinajstić information content (AvgIpc) is 2.25. The minimum absolute atomic E-state index is 0.0274. The predicted molar refractivity (Wildman–Crippen MR) is 65.2 cm³/mol. The summed E-state index contributed by atoms with van der Waals surface area (Å²) in [7, 11) is 0. The van der Waals surface area contributed by atoms with Crippen molar-refractivity contribution in [2.24, 2.45) is 0 Å². The highest BCUT2D eigenvalue weighted by molar-refractivity contribution is 5.66. The number of benzene rings is 1. The zero-order valence-electron chi connectivity index (χ0n) is 9.96. The van der Waals surface area contributed by atoms with Crippen LogP contribution in [0.2, 0.25) is 0 Å². The van der Waals surface area contributed by atoms with Gasteiger partial charge in [0.25, 0.3) is 5.69 Å². The molecule has 0 saturated carbocycles. The van der Waals surface area contributed by atoms with Gasteiger partial charge in [0.05, 0.1) is 17.4 Å². The van der Waals surface area contributed by atoms with Gasteiger partial charge in [-0.1, -0.05) is 6.07 Å². The zero-order valence-corrected chi connectivity index (χ0v) is 9.96. The summed E-state index contributed by atoms with van der Waals surface area (Å²) in [5.74, 6) is 0. The minimum Gasteiger partial charge on any atom is -0.385 e. The van der Waals surface area contributed by atoms with Crippen LogP contribution in [0.5, 0.6) is 0 Å². The summed E-state index contributed by atoms with van der Waals surface area (Å²) in [5.41, 5.74) is 0.417. The van der Waals surface area contributed by atoms with Crippen molar-refractivity contribution in [2.45, 2.75) is 18.9 Å². The number of anilines is 1. The molecule has 1 heterocycles. The van der Waals surface area contributed by atoms with Gasteiger partial charge in [-0.3, -0.25) is 10.1 Å². The van der Waals surface area contributed by atoms with Crippen LogP contribution in [0.3, 0.4) is 0 Å². The van der Waals surface area contributed by atoms with E-state index in [-0.39, 0.29) is 25.2 Å². The molecular weight excluding hydrogens is 234 g/mol. The van der Waals surface area contributed by atoms with Gasteiger partial charge in [-0.25, -0.2) is 0 Å². The van der Waals surface area contributed by atoms with E-state index in [4.69, 9.17) is 5.26 Å². The van der Waals surface area contributed by atoms with Crippen LogP contribution < -0.4 is 4.90 Å². The van der Waals surface area contributed by atoms with E-state index in [0.717, 1.165) is 5.56 Å². The molecule has 6 nitrogen and oxygen atoms in total. The maximum atomic E-state index is 10.9. The average molecular weight is 247 g/mol. The van der Waals surface area contributed by atoms with E-state index in [1.807, 2.05) is 13.0 Å². The first kappa shape index (κ1) is 12.3. The van der Waals surface area contributed by atoms with Gasteiger partial charge in [-0.15, -0.1) is 0 Å². The summed E-state index contributed by atoms with van der Waals surface area (Å²) >= 11 is 0. The molecule has 0 unspecified atom stereocenters. The second kappa shape index (κ2) is 4.27. The van der Waals surface area contributed by atoms with Crippen molar-refractivity contribution in [3.63, 3.8) is 0 Å². The Labute approximate surface area is 104 Å². The third-order valence-corrected chi connectivity index (χ3v) is 3.05. The molecule has 0 bridgehead atoms. The maximum absolute atomic E-state index is 10.9. The molecule has 18 heavy (non-hydrogen) atoms. The maximum Gasteiger partial charge on any atom is 0.292 e. The molecule has 1 fully saturated rings. The summed E-state index contributed by atoms with van der Waals surface area (Å²) in [6.45, 7) is 2.37. The lowest BCUT2D eigenvalue weighted by Crippen LogP contribution is -2.62. The number of hydrogen-bond acceptors (Lipinski definition) is 5. The monoisotopic (exact) mass is 247 g/mol. The number of aryl methyl sites for hydroxylation is 1. The Hall–Kier alpha value is -2.13. The quantitative estimate of drug-likeness (QED) is 0.643. The molecule has 2 rings (SSSR count). The molecule has 1 aromatic carbocycles. The molecule has 1 aromatic rings. The highest BCUT2D eigenvalue weighted by Crippen LogP contribution is 2.36. The Morgan fingerprint density at radius 1 is 1.61 bits per heavy atom. The molecular formula is C12H13N3O3. The molecule has 0 radical (unpaired) electrons. The Kier molecular flexibility index (Phi) is 2.93. The Balaban J connectivity index is 2.24. The number of aliphatic hydroxyl groups is 1. The molecule has 1 saturated heterocycles. The second-order valence-electron chi connectivity index (χ2n) is 4.66. The first-order valence-electron chi connectivity index (χ1n) is 5.54. The van der Waals surface area contributed by atoms with Gasteiger partial charge >= 0.3 is 0 Å². The Morgan fingerprint density at radius 2 is 2.28 bits per heavy atom. The summed E-state index contributed by atoms with van der Waals surface area (Å²) in [5, 5.41) is 29.4. The van der Waals surface area contributed by atoms with Gasteiger partial charge in [0, 0.05) is 19.2 Å². The van der Waals surface area contributed by atoms with Crippen molar-refractivity contribution in [3.8, 4) is 6.07 Å². The van der Waals surface area contributed by atoms with E-state index < -0.39 is 10.5 Å². The summed E-state index contributed by atoms with van der Waals surface area (Å²) in [6.07, 6.45) is 0.0448. The lowest BCUT2D eigenvalue weighted by atomic mass is 9.90. The molecule has 6 heteroatoms. The fourth-order valence-corrected chi connectivity index (χ4v) is 2.13. The van der Waals surface area contributed by atoms with Gasteiger partial charge in [-0.05, 0) is 18.6 Å². The zero-order chi connectivity index (χ0) is 13.3. The first-order valence-corrected chi connectivity index (χ1v) is 5.54. The number of hydrogen-bond donors (Lipinski definition) is 1. The van der Waals surface area contributed by atoms with Crippen molar-refractivity contribution < 1.29 is 10.0 Å². The van der Waals surface area contributed by atoms with Crippen LogP contribution in [-0.2, 0) is 0 Å². The third-order valence-electron chi connectivity index (χ3n) is 3.05. The van der Waals surface area contributed by atoms with Crippen LogP contribution >= 0.6 is 0 Å². The van der Waals surface area contributed by atoms with Gasteiger partial charge in [0.15, 0.2) is 0 Å². The van der Waals surface area contributed by atoms with Crippen molar-refractivity contribution in [1.82, 2.24) is 0 Å². The molecule has 1 aliphatic rings. The van der Waals surface area contributed by atoms with Crippen molar-refractivity contribution >= 4 is 11.4 Å². The molecule has 94 valence electrons. The van der Waals surface area contributed by atoms with E-state index in [2.05, 4.69) is 0 Å². The van der Waals surface area contributed by atoms with E-state index in [0.29, 0.717) is 5.69 Å². The number of nitro groups is 1. The summed E-state index contributed by atoms with van der Waals surface area (Å²) < 4.78 is 0. The smallest absolute Gasteiger partial charge is 0.292 e. The van der Waals surface area contributed by atoms with Crippen LogP contribution in [0.15, 0.2) is 18.2 Å². The molecule has 1 aliphatic heterocycles. The van der Waals surface area contributed by atoms with Gasteiger partial charge in [0.1, 0.15) is 11.3 Å². The summed E-state index contributed by atoms with van der Waals surface area (Å²) in [6, 6.07) is 6.79. The summed E-state index contributed by atoms with van der Waals surface area (Å²) in [4.78, 5) is 12.2. The number of rotatable bonds is 3. The van der Waals surface area contributed by atoms with Crippen LogP contribution in [-0.4, -0.2) is 28.7 Å². The first-order chi connectivity index (χ1) is 8.45. The van der Waals surface area contributed by atoms with Gasteiger partial charge in [0.2, 0.25) is 0 Å². The van der Waals surface area contributed by atoms with E-state index >= 15 is 0 Å². The predicted octanol–water partition coefficient (Wildman–Crippen LogP) is 1.37. The van der Waals surface area contributed by atoms with E-state index in [9.17, 15) is 15.2 Å². The third kappa shape index (κ3) is 2.13. The Morgan fingerprint density at radius 3 is 2.83 bits per heavy atom. The number of β-amino-alcohol motifs (C(OH)–C–C–N with tert-alkyl or cyclic N) is 1. The highest BCUT2D eigenvalue weighted by Gasteiger charge is 2.43. The molecule has 0 aromatic heterocycles. The van der Waals surface area contributed by atoms with Crippen molar-refractivity contribution in [3.05, 3.63) is 33.9 Å². The highest BCUT2D eigenvalue weighted by atomic mass is 16.6. The van der Waals surface area contributed by atoms with E-state index in [1.165, 1.54) is 6.07 Å². The number of nitriles is 1. The topological polar surface area (TPSA) is 90.4 Å². The Bertz CT molecular complexity index is 530. The second-order valence-corrected chi connectivity index (χ2v) is 4.66. The molecule has 1 N–H and O–H groups in total. The van der Waals surface area contributed by atoms with Crippen molar-refractivity contribution in [1.29, 1.82) is 5.26 Å². The van der Waals surface area contributed by atoms with Crippen LogP contribution in [0.25, 0.3) is 0 Å². The fourth-order valence-electron chi connectivity index (χ4n) is 2.13. The van der Waals surface area contributed by atoms with E-state index in [1.54, 1.807) is 17.0 Å².